The first kappa shape index (κ1) is 14.9. The molecule has 1 aliphatic carbocycles. The Hall–Kier alpha value is -0.980. The first-order valence-electron chi connectivity index (χ1n) is 7.75. The second-order valence-corrected chi connectivity index (χ2v) is 6.79. The molecule has 0 aromatic carbocycles. The fourth-order valence-electron chi connectivity index (χ4n) is 2.98. The van der Waals surface area contributed by atoms with Crippen molar-refractivity contribution in [1.82, 2.24) is 4.98 Å². The monoisotopic (exact) mass is 310 g/mol. The van der Waals surface area contributed by atoms with Gasteiger partial charge in [-0.3, -0.25) is 10.1 Å². The number of anilines is 1. The lowest BCUT2D eigenvalue weighted by Crippen LogP contribution is -2.39. The Balaban J connectivity index is 1.61. The number of ether oxygens (including phenoxy) is 2. The van der Waals surface area contributed by atoms with Crippen molar-refractivity contribution >= 4 is 22.4 Å². The lowest BCUT2D eigenvalue weighted by Gasteiger charge is -2.21. The molecule has 2 heterocycles. The maximum atomic E-state index is 12.1. The zero-order chi connectivity index (χ0) is 14.7. The van der Waals surface area contributed by atoms with Gasteiger partial charge in [0.15, 0.2) is 11.2 Å². The molecule has 0 spiro atoms. The van der Waals surface area contributed by atoms with E-state index >= 15 is 0 Å². The summed E-state index contributed by atoms with van der Waals surface area (Å²) in [6.07, 6.45) is 5.38. The lowest BCUT2D eigenvalue weighted by molar-refractivity contribution is -0.142. The van der Waals surface area contributed by atoms with Gasteiger partial charge in [-0.2, -0.15) is 0 Å². The van der Waals surface area contributed by atoms with Gasteiger partial charge < -0.3 is 9.47 Å². The van der Waals surface area contributed by atoms with Crippen LogP contribution in [0, 0.1) is 5.92 Å². The highest BCUT2D eigenvalue weighted by molar-refractivity contribution is 7.15. The molecule has 0 saturated carbocycles. The minimum atomic E-state index is -0.507. The third-order valence-corrected chi connectivity index (χ3v) is 5.11. The van der Waals surface area contributed by atoms with E-state index in [-0.39, 0.29) is 5.91 Å². The van der Waals surface area contributed by atoms with Crippen molar-refractivity contribution in [2.24, 2.45) is 5.92 Å². The van der Waals surface area contributed by atoms with E-state index in [4.69, 9.17) is 9.47 Å². The number of aryl methyl sites for hydroxylation is 1. The van der Waals surface area contributed by atoms with Crippen LogP contribution in [0.3, 0.4) is 0 Å². The van der Waals surface area contributed by atoms with Gasteiger partial charge in [-0.1, -0.05) is 19.8 Å². The molecule has 0 bridgehead atoms. The van der Waals surface area contributed by atoms with Gasteiger partial charge in [-0.15, -0.1) is 11.3 Å². The summed E-state index contributed by atoms with van der Waals surface area (Å²) in [5, 5.41) is 3.58. The number of nitrogens with zero attached hydrogens (tertiary/aromatic N) is 1. The van der Waals surface area contributed by atoms with E-state index in [0.717, 1.165) is 18.8 Å². The Morgan fingerprint density at radius 1 is 1.48 bits per heavy atom. The molecule has 1 N–H and O–H groups in total. The number of nitrogens with one attached hydrogen (secondary N) is 1. The Labute approximate surface area is 129 Å². The van der Waals surface area contributed by atoms with Crippen LogP contribution < -0.4 is 5.32 Å². The van der Waals surface area contributed by atoms with Gasteiger partial charge in [-0.05, 0) is 25.2 Å². The number of carbonyl (C=O) groups excluding carboxylic acids is 1. The molecule has 2 unspecified atom stereocenters. The van der Waals surface area contributed by atoms with Crippen LogP contribution in [0.15, 0.2) is 0 Å². The van der Waals surface area contributed by atoms with Gasteiger partial charge >= 0.3 is 0 Å². The maximum absolute atomic E-state index is 12.1. The van der Waals surface area contributed by atoms with E-state index in [1.807, 2.05) is 0 Å². The number of fused-ring (bicyclic) bond motifs is 1. The lowest BCUT2D eigenvalue weighted by atomic mass is 9.88. The number of aromatic nitrogens is 1. The topological polar surface area (TPSA) is 60.5 Å². The Kier molecular flexibility index (Phi) is 4.87. The van der Waals surface area contributed by atoms with Gasteiger partial charge in [0, 0.05) is 4.88 Å². The molecule has 21 heavy (non-hydrogen) atoms. The summed E-state index contributed by atoms with van der Waals surface area (Å²) in [6.45, 7) is 3.61. The molecule has 3 rings (SSSR count). The molecule has 116 valence electrons. The second kappa shape index (κ2) is 6.85. The Morgan fingerprint density at radius 2 is 2.38 bits per heavy atom. The summed E-state index contributed by atoms with van der Waals surface area (Å²) in [4.78, 5) is 18.0. The number of hydrogen-bond acceptors (Lipinski definition) is 5. The second-order valence-electron chi connectivity index (χ2n) is 5.71. The van der Waals surface area contributed by atoms with E-state index in [1.54, 1.807) is 11.3 Å². The number of amides is 1. The van der Waals surface area contributed by atoms with Crippen LogP contribution in [-0.4, -0.2) is 36.8 Å². The van der Waals surface area contributed by atoms with Gasteiger partial charge in [0.05, 0.1) is 25.5 Å². The zero-order valence-electron chi connectivity index (χ0n) is 12.4. The molecule has 5 nitrogen and oxygen atoms in total. The zero-order valence-corrected chi connectivity index (χ0v) is 13.2. The fraction of sp³-hybridized carbons (Fsp3) is 0.733. The highest BCUT2D eigenvalue weighted by atomic mass is 32.1. The van der Waals surface area contributed by atoms with Crippen molar-refractivity contribution in [3.8, 4) is 0 Å². The Bertz CT molecular complexity index is 497. The summed E-state index contributed by atoms with van der Waals surface area (Å²) in [5.74, 6) is 0.632. The summed E-state index contributed by atoms with van der Waals surface area (Å²) in [6, 6.07) is 0. The van der Waals surface area contributed by atoms with E-state index in [9.17, 15) is 4.79 Å². The normalized spacial score (nSPS) is 25.4. The third kappa shape index (κ3) is 3.62. The largest absolute Gasteiger partial charge is 0.376 e. The average Bonchev–Trinajstić information content (AvgIpc) is 2.90. The SMILES string of the molecule is CCCC1CCc2nc(NC(=O)C3COCCO3)sc2C1. The van der Waals surface area contributed by atoms with Crippen LogP contribution >= 0.6 is 11.3 Å². The third-order valence-electron chi connectivity index (χ3n) is 4.08. The fourth-order valence-corrected chi connectivity index (χ4v) is 4.10. The van der Waals surface area contributed by atoms with Crippen LogP contribution in [0.2, 0.25) is 0 Å². The standard InChI is InChI=1S/C15H22N2O3S/c1-2-3-10-4-5-11-13(8-10)21-15(16-11)17-14(18)12-9-19-6-7-20-12/h10,12H,2-9H2,1H3,(H,16,17,18). The molecule has 1 aliphatic heterocycles. The number of rotatable bonds is 4. The van der Waals surface area contributed by atoms with Gasteiger partial charge in [-0.25, -0.2) is 4.98 Å². The average molecular weight is 310 g/mol. The smallest absolute Gasteiger partial charge is 0.257 e. The molecule has 1 amide bonds. The van der Waals surface area contributed by atoms with E-state index < -0.39 is 6.10 Å². The van der Waals surface area contributed by atoms with Gasteiger partial charge in [0.2, 0.25) is 0 Å². The molecule has 2 atom stereocenters. The first-order chi connectivity index (χ1) is 10.3. The highest BCUT2D eigenvalue weighted by Crippen LogP contribution is 2.34. The van der Waals surface area contributed by atoms with Crippen molar-refractivity contribution in [2.75, 3.05) is 25.1 Å². The quantitative estimate of drug-likeness (QED) is 0.927. The molecule has 1 aromatic rings. The maximum Gasteiger partial charge on any atom is 0.257 e. The van der Waals surface area contributed by atoms with Crippen molar-refractivity contribution in [3.63, 3.8) is 0 Å². The molecular weight excluding hydrogens is 288 g/mol. The minimum Gasteiger partial charge on any atom is -0.376 e. The van der Waals surface area contributed by atoms with Crippen LogP contribution in [0.1, 0.15) is 36.8 Å². The highest BCUT2D eigenvalue weighted by Gasteiger charge is 2.26. The minimum absolute atomic E-state index is 0.147. The summed E-state index contributed by atoms with van der Waals surface area (Å²) in [5.41, 5.74) is 1.17. The first-order valence-corrected chi connectivity index (χ1v) is 8.56. The summed E-state index contributed by atoms with van der Waals surface area (Å²) < 4.78 is 10.7. The van der Waals surface area contributed by atoms with Crippen molar-refractivity contribution in [1.29, 1.82) is 0 Å². The summed E-state index contributed by atoms with van der Waals surface area (Å²) >= 11 is 1.62. The predicted molar refractivity (Wildman–Crippen MR) is 81.7 cm³/mol. The molecular formula is C15H22N2O3S. The van der Waals surface area contributed by atoms with Crippen LogP contribution in [0.25, 0.3) is 0 Å². The predicted octanol–water partition coefficient (Wildman–Crippen LogP) is 2.40. The van der Waals surface area contributed by atoms with Crippen molar-refractivity contribution < 1.29 is 14.3 Å². The molecule has 2 aliphatic rings. The van der Waals surface area contributed by atoms with E-state index in [2.05, 4.69) is 17.2 Å². The van der Waals surface area contributed by atoms with Crippen LogP contribution in [0.4, 0.5) is 5.13 Å². The van der Waals surface area contributed by atoms with E-state index in [1.165, 1.54) is 29.8 Å². The number of thiazole rings is 1. The number of carbonyl (C=O) groups is 1. The van der Waals surface area contributed by atoms with Crippen LogP contribution in [-0.2, 0) is 27.1 Å². The molecule has 0 radical (unpaired) electrons. The van der Waals surface area contributed by atoms with Crippen molar-refractivity contribution in [3.05, 3.63) is 10.6 Å². The van der Waals surface area contributed by atoms with Gasteiger partial charge in [0.25, 0.3) is 5.91 Å². The van der Waals surface area contributed by atoms with E-state index in [0.29, 0.717) is 25.0 Å². The molecule has 1 fully saturated rings. The van der Waals surface area contributed by atoms with Gasteiger partial charge in [0.1, 0.15) is 0 Å². The molecule has 1 saturated heterocycles. The molecule has 6 heteroatoms. The number of hydrogen-bond donors (Lipinski definition) is 1. The Morgan fingerprint density at radius 3 is 3.14 bits per heavy atom. The van der Waals surface area contributed by atoms with Crippen LogP contribution in [0.5, 0.6) is 0 Å². The summed E-state index contributed by atoms with van der Waals surface area (Å²) in [7, 11) is 0. The molecule has 1 aromatic heterocycles. The van der Waals surface area contributed by atoms with Crippen molar-refractivity contribution in [2.45, 2.75) is 45.1 Å².